The van der Waals surface area contributed by atoms with Crippen molar-refractivity contribution in [1.82, 2.24) is 10.0 Å². The van der Waals surface area contributed by atoms with Crippen LogP contribution in [0.25, 0.3) is 0 Å². The monoisotopic (exact) mass is 449 g/mol. The van der Waals surface area contributed by atoms with Crippen molar-refractivity contribution in [3.63, 3.8) is 0 Å². The van der Waals surface area contributed by atoms with Gasteiger partial charge in [0.25, 0.3) is 0 Å². The summed E-state index contributed by atoms with van der Waals surface area (Å²) in [5, 5.41) is 5.25. The molecule has 0 fully saturated rings. The summed E-state index contributed by atoms with van der Waals surface area (Å²) in [6.45, 7) is 5.37. The van der Waals surface area contributed by atoms with Crippen LogP contribution in [0.5, 0.6) is 11.5 Å². The molecule has 0 aromatic heterocycles. The van der Waals surface area contributed by atoms with Gasteiger partial charge in [0, 0.05) is 19.2 Å². The Morgan fingerprint density at radius 1 is 1.06 bits per heavy atom. The molecule has 0 aliphatic carbocycles. The second-order valence-corrected chi connectivity index (χ2v) is 8.40. The molecule has 0 bridgehead atoms. The quantitative estimate of drug-likeness (QED) is 0.510. The van der Waals surface area contributed by atoms with E-state index in [2.05, 4.69) is 15.4 Å². The summed E-state index contributed by atoms with van der Waals surface area (Å²) in [5.41, 5.74) is 1.25. The van der Waals surface area contributed by atoms with Gasteiger partial charge in [-0.05, 0) is 55.8 Å². The van der Waals surface area contributed by atoms with Gasteiger partial charge < -0.3 is 20.1 Å². The van der Waals surface area contributed by atoms with E-state index >= 15 is 0 Å². The molecule has 2 amide bonds. The molecule has 10 heteroatoms. The zero-order valence-electron chi connectivity index (χ0n) is 17.9. The maximum atomic E-state index is 12.5. The lowest BCUT2D eigenvalue weighted by molar-refractivity contribution is -0.122. The van der Waals surface area contributed by atoms with E-state index in [0.717, 1.165) is 5.56 Å². The van der Waals surface area contributed by atoms with Gasteiger partial charge in [-0.3, -0.25) is 9.59 Å². The predicted molar refractivity (Wildman–Crippen MR) is 117 cm³/mol. The van der Waals surface area contributed by atoms with Crippen LogP contribution in [0.4, 0.5) is 5.69 Å². The lowest BCUT2D eigenvalue weighted by Gasteiger charge is -2.15. The van der Waals surface area contributed by atoms with E-state index < -0.39 is 22.0 Å². The van der Waals surface area contributed by atoms with Gasteiger partial charge in [-0.1, -0.05) is 6.07 Å². The number of carbonyl (C=O) groups is 2. The number of ether oxygens (including phenoxy) is 2. The van der Waals surface area contributed by atoms with E-state index in [4.69, 9.17) is 9.47 Å². The van der Waals surface area contributed by atoms with E-state index in [1.165, 1.54) is 45.2 Å². The fraction of sp³-hybridized carbons (Fsp3) is 0.333. The number of rotatable bonds is 10. The fourth-order valence-electron chi connectivity index (χ4n) is 2.71. The number of benzene rings is 2. The first kappa shape index (κ1) is 24.2. The summed E-state index contributed by atoms with van der Waals surface area (Å²) in [4.78, 5) is 23.4. The summed E-state index contributed by atoms with van der Waals surface area (Å²) in [6, 6.07) is 9.94. The maximum Gasteiger partial charge on any atom is 0.241 e. The molecule has 0 heterocycles. The summed E-state index contributed by atoms with van der Waals surface area (Å²) in [6.07, 6.45) is 0. The lowest BCUT2D eigenvalue weighted by atomic mass is 10.2. The van der Waals surface area contributed by atoms with Gasteiger partial charge >= 0.3 is 0 Å². The second-order valence-electron chi connectivity index (χ2n) is 6.68. The van der Waals surface area contributed by atoms with Crippen molar-refractivity contribution in [2.45, 2.75) is 38.3 Å². The van der Waals surface area contributed by atoms with E-state index in [9.17, 15) is 18.0 Å². The zero-order valence-corrected chi connectivity index (χ0v) is 18.7. The molecule has 2 aromatic carbocycles. The van der Waals surface area contributed by atoms with Crippen molar-refractivity contribution in [3.8, 4) is 11.5 Å². The summed E-state index contributed by atoms with van der Waals surface area (Å²) in [5.74, 6) is 0.409. The minimum absolute atomic E-state index is 0.0162. The molecule has 0 saturated heterocycles. The average Bonchev–Trinajstić information content (AvgIpc) is 2.72. The maximum absolute atomic E-state index is 12.5. The highest BCUT2D eigenvalue weighted by Gasteiger charge is 2.22. The van der Waals surface area contributed by atoms with Gasteiger partial charge in [0.15, 0.2) is 11.5 Å². The number of nitrogens with one attached hydrogen (secondary N) is 3. The Morgan fingerprint density at radius 3 is 2.32 bits per heavy atom. The topological polar surface area (TPSA) is 123 Å². The van der Waals surface area contributed by atoms with Gasteiger partial charge in [-0.25, -0.2) is 8.42 Å². The molecule has 0 saturated carbocycles. The molecular weight excluding hydrogens is 422 g/mol. The Hall–Kier alpha value is -3.11. The highest BCUT2D eigenvalue weighted by atomic mass is 32.2. The molecule has 3 N–H and O–H groups in total. The average molecular weight is 450 g/mol. The second kappa shape index (κ2) is 10.8. The Balaban J connectivity index is 1.97. The highest BCUT2D eigenvalue weighted by Crippen LogP contribution is 2.28. The van der Waals surface area contributed by atoms with Crippen LogP contribution < -0.4 is 24.8 Å². The third-order valence-corrected chi connectivity index (χ3v) is 5.76. The Bertz CT molecular complexity index is 1020. The normalized spacial score (nSPS) is 12.0. The zero-order chi connectivity index (χ0) is 23.0. The van der Waals surface area contributed by atoms with Crippen LogP contribution in [0.3, 0.4) is 0 Å². The van der Waals surface area contributed by atoms with Crippen LogP contribution in [0.15, 0.2) is 47.4 Å². The molecule has 1 atom stereocenters. The minimum atomic E-state index is -3.92. The molecule has 2 rings (SSSR count). The largest absolute Gasteiger partial charge is 0.493 e. The lowest BCUT2D eigenvalue weighted by Crippen LogP contribution is -2.44. The first-order valence-electron chi connectivity index (χ1n) is 9.63. The van der Waals surface area contributed by atoms with Crippen LogP contribution in [-0.4, -0.2) is 40.0 Å². The van der Waals surface area contributed by atoms with Crippen LogP contribution in [0.1, 0.15) is 26.3 Å². The van der Waals surface area contributed by atoms with Crippen LogP contribution in [0.2, 0.25) is 0 Å². The first-order chi connectivity index (χ1) is 14.7. The number of amides is 2. The molecule has 0 unspecified atom stereocenters. The summed E-state index contributed by atoms with van der Waals surface area (Å²) in [7, 11) is -2.39. The molecule has 168 valence electrons. The van der Waals surface area contributed by atoms with Crippen molar-refractivity contribution in [3.05, 3.63) is 48.0 Å². The minimum Gasteiger partial charge on any atom is -0.493 e. The molecule has 0 radical (unpaired) electrons. The SMILES string of the molecule is CCOc1ccc(CNC(=O)[C@H](C)NS(=O)(=O)c2ccc(NC(C)=O)cc2)cc1OC. The molecule has 31 heavy (non-hydrogen) atoms. The Morgan fingerprint density at radius 2 is 1.74 bits per heavy atom. The van der Waals surface area contributed by atoms with Gasteiger partial charge in [-0.15, -0.1) is 0 Å². The molecule has 0 aliphatic rings. The van der Waals surface area contributed by atoms with Crippen molar-refractivity contribution in [2.75, 3.05) is 19.0 Å². The number of hydrogen-bond donors (Lipinski definition) is 3. The van der Waals surface area contributed by atoms with Crippen molar-refractivity contribution in [1.29, 1.82) is 0 Å². The van der Waals surface area contributed by atoms with Crippen LogP contribution >= 0.6 is 0 Å². The third kappa shape index (κ3) is 6.97. The number of sulfonamides is 1. The summed E-state index contributed by atoms with van der Waals surface area (Å²) < 4.78 is 38.1. The summed E-state index contributed by atoms with van der Waals surface area (Å²) >= 11 is 0. The van der Waals surface area contributed by atoms with Crippen molar-refractivity contribution >= 4 is 27.5 Å². The van der Waals surface area contributed by atoms with Crippen molar-refractivity contribution in [2.24, 2.45) is 0 Å². The van der Waals surface area contributed by atoms with Gasteiger partial charge in [-0.2, -0.15) is 4.72 Å². The Kier molecular flexibility index (Phi) is 8.40. The number of carbonyl (C=O) groups excluding carboxylic acids is 2. The van der Waals surface area contributed by atoms with E-state index in [1.807, 2.05) is 6.92 Å². The molecule has 0 aliphatic heterocycles. The van der Waals surface area contributed by atoms with E-state index in [0.29, 0.717) is 23.8 Å². The number of methoxy groups -OCH3 is 1. The molecular formula is C21H27N3O6S. The van der Waals surface area contributed by atoms with E-state index in [1.54, 1.807) is 18.2 Å². The predicted octanol–water partition coefficient (Wildman–Crippen LogP) is 2.04. The molecule has 9 nitrogen and oxygen atoms in total. The van der Waals surface area contributed by atoms with E-state index in [-0.39, 0.29) is 17.3 Å². The Labute approximate surface area is 182 Å². The fourth-order valence-corrected chi connectivity index (χ4v) is 3.92. The van der Waals surface area contributed by atoms with Crippen LogP contribution in [0, 0.1) is 0 Å². The molecule has 2 aromatic rings. The standard InChI is InChI=1S/C21H27N3O6S/c1-5-30-19-11-6-16(12-20(19)29-4)13-22-21(26)14(2)24-31(27,28)18-9-7-17(8-10-18)23-15(3)25/h6-12,14,24H,5,13H2,1-4H3,(H,22,26)(H,23,25)/t14-/m0/s1. The highest BCUT2D eigenvalue weighted by molar-refractivity contribution is 7.89. The van der Waals surface area contributed by atoms with Crippen LogP contribution in [-0.2, 0) is 26.2 Å². The number of anilines is 1. The number of hydrogen-bond acceptors (Lipinski definition) is 6. The van der Waals surface area contributed by atoms with Crippen molar-refractivity contribution < 1.29 is 27.5 Å². The smallest absolute Gasteiger partial charge is 0.241 e. The molecule has 0 spiro atoms. The van der Waals surface area contributed by atoms with Gasteiger partial charge in [0.1, 0.15) is 0 Å². The van der Waals surface area contributed by atoms with Gasteiger partial charge in [0.05, 0.1) is 24.7 Å². The third-order valence-electron chi connectivity index (χ3n) is 4.20. The first-order valence-corrected chi connectivity index (χ1v) is 11.1. The van der Waals surface area contributed by atoms with Gasteiger partial charge in [0.2, 0.25) is 21.8 Å².